The van der Waals surface area contributed by atoms with Gasteiger partial charge < -0.3 is 15.4 Å². The molecule has 1 aromatic carbocycles. The van der Waals surface area contributed by atoms with Crippen LogP contribution in [0.2, 0.25) is 0 Å². The van der Waals surface area contributed by atoms with Crippen LogP contribution < -0.4 is 10.6 Å². The molecule has 6 nitrogen and oxygen atoms in total. The van der Waals surface area contributed by atoms with Crippen LogP contribution in [0.25, 0.3) is 0 Å². The first-order chi connectivity index (χ1) is 10.5. The first kappa shape index (κ1) is 15.8. The lowest BCUT2D eigenvalue weighted by Gasteiger charge is -2.15. The van der Waals surface area contributed by atoms with Crippen LogP contribution in [-0.4, -0.2) is 31.4 Å². The number of ether oxygens (including phenoxy) is 1. The largest absolute Gasteiger partial charge is 0.465 e. The monoisotopic (exact) mass is 302 g/mol. The van der Waals surface area contributed by atoms with E-state index in [2.05, 4.69) is 21.9 Å². The highest BCUT2D eigenvalue weighted by atomic mass is 16.5. The predicted octanol–water partition coefficient (Wildman–Crippen LogP) is 1.49. The van der Waals surface area contributed by atoms with Crippen LogP contribution in [0.4, 0.5) is 5.69 Å². The van der Waals surface area contributed by atoms with Crippen molar-refractivity contribution in [2.24, 2.45) is 5.41 Å². The van der Waals surface area contributed by atoms with Gasteiger partial charge in [-0.1, -0.05) is 12.1 Å². The van der Waals surface area contributed by atoms with Gasteiger partial charge in [0, 0.05) is 12.2 Å². The Balaban J connectivity index is 2.07. The molecule has 0 aliphatic heterocycles. The molecule has 0 bridgehead atoms. The van der Waals surface area contributed by atoms with Gasteiger partial charge in [0.2, 0.25) is 11.8 Å². The Morgan fingerprint density at radius 1 is 1.32 bits per heavy atom. The van der Waals surface area contributed by atoms with E-state index in [9.17, 15) is 14.4 Å². The maximum absolute atomic E-state index is 12.3. The van der Waals surface area contributed by atoms with E-state index in [-0.39, 0.29) is 11.8 Å². The molecule has 116 valence electrons. The molecule has 1 saturated carbocycles. The molecule has 0 spiro atoms. The number of rotatable bonds is 6. The molecular weight excluding hydrogens is 284 g/mol. The number of hydrogen-bond donors (Lipinski definition) is 2. The van der Waals surface area contributed by atoms with Crippen LogP contribution in [0.5, 0.6) is 0 Å². The Labute approximate surface area is 128 Å². The highest BCUT2D eigenvalue weighted by molar-refractivity contribution is 6.13. The number of nitrogens with one attached hydrogen (secondary N) is 2. The standard InChI is InChI=1S/C16H18N2O4/c1-3-9-17-14(20)16(7-8-16)15(21)18-12-6-4-5-11(10-12)13(19)22-2/h3-6,10H,1,7-9H2,2H3,(H,17,20)(H,18,21). The van der Waals surface area contributed by atoms with E-state index in [0.717, 1.165) is 0 Å². The lowest BCUT2D eigenvalue weighted by atomic mass is 10.0. The lowest BCUT2D eigenvalue weighted by molar-refractivity contribution is -0.134. The molecule has 0 saturated heterocycles. The third-order valence-corrected chi connectivity index (χ3v) is 3.57. The summed E-state index contributed by atoms with van der Waals surface area (Å²) < 4.78 is 4.63. The quantitative estimate of drug-likeness (QED) is 0.474. The van der Waals surface area contributed by atoms with Crippen molar-refractivity contribution in [3.63, 3.8) is 0 Å². The van der Waals surface area contributed by atoms with E-state index >= 15 is 0 Å². The molecule has 0 radical (unpaired) electrons. The summed E-state index contributed by atoms with van der Waals surface area (Å²) in [5.74, 6) is -1.15. The summed E-state index contributed by atoms with van der Waals surface area (Å²) in [4.78, 5) is 35.9. The minimum Gasteiger partial charge on any atom is -0.465 e. The number of esters is 1. The van der Waals surface area contributed by atoms with Crippen LogP contribution in [0.3, 0.4) is 0 Å². The smallest absolute Gasteiger partial charge is 0.337 e. The molecule has 1 aliphatic carbocycles. The third kappa shape index (κ3) is 3.16. The van der Waals surface area contributed by atoms with Crippen LogP contribution in [-0.2, 0) is 14.3 Å². The van der Waals surface area contributed by atoms with Gasteiger partial charge in [-0.3, -0.25) is 9.59 Å². The molecule has 2 rings (SSSR count). The van der Waals surface area contributed by atoms with Gasteiger partial charge in [-0.05, 0) is 31.0 Å². The minimum absolute atomic E-state index is 0.297. The first-order valence-electron chi connectivity index (χ1n) is 6.92. The Morgan fingerprint density at radius 3 is 2.64 bits per heavy atom. The summed E-state index contributed by atoms with van der Waals surface area (Å²) in [6, 6.07) is 6.40. The number of hydrogen-bond acceptors (Lipinski definition) is 4. The van der Waals surface area contributed by atoms with E-state index in [4.69, 9.17) is 0 Å². The third-order valence-electron chi connectivity index (χ3n) is 3.57. The van der Waals surface area contributed by atoms with E-state index in [1.165, 1.54) is 13.2 Å². The van der Waals surface area contributed by atoms with E-state index in [1.54, 1.807) is 24.3 Å². The Morgan fingerprint density at radius 2 is 2.05 bits per heavy atom. The molecule has 1 aliphatic rings. The fourth-order valence-electron chi connectivity index (χ4n) is 2.11. The number of anilines is 1. The summed E-state index contributed by atoms with van der Waals surface area (Å²) in [6.07, 6.45) is 2.59. The number of carbonyl (C=O) groups excluding carboxylic acids is 3. The van der Waals surface area contributed by atoms with Gasteiger partial charge in [-0.25, -0.2) is 4.79 Å². The van der Waals surface area contributed by atoms with Crippen molar-refractivity contribution in [2.75, 3.05) is 19.0 Å². The number of amides is 2. The average Bonchev–Trinajstić information content (AvgIpc) is 3.34. The van der Waals surface area contributed by atoms with Crippen molar-refractivity contribution in [3.05, 3.63) is 42.5 Å². The van der Waals surface area contributed by atoms with Crippen LogP contribution >= 0.6 is 0 Å². The van der Waals surface area contributed by atoms with Crippen LogP contribution in [0.15, 0.2) is 36.9 Å². The molecule has 2 amide bonds. The van der Waals surface area contributed by atoms with Crippen molar-refractivity contribution in [1.82, 2.24) is 5.32 Å². The SMILES string of the molecule is C=CCNC(=O)C1(C(=O)Nc2cccc(C(=O)OC)c2)CC1. The Bertz CT molecular complexity index is 620. The molecule has 1 aromatic rings. The van der Waals surface area contributed by atoms with E-state index < -0.39 is 11.4 Å². The Kier molecular flexibility index (Phi) is 4.60. The predicted molar refractivity (Wildman–Crippen MR) is 81.3 cm³/mol. The van der Waals surface area contributed by atoms with Crippen molar-refractivity contribution in [1.29, 1.82) is 0 Å². The molecular formula is C16H18N2O4. The number of benzene rings is 1. The second-order valence-corrected chi connectivity index (χ2v) is 5.11. The van der Waals surface area contributed by atoms with E-state index in [1.807, 2.05) is 0 Å². The maximum Gasteiger partial charge on any atom is 0.337 e. The van der Waals surface area contributed by atoms with Crippen LogP contribution in [0.1, 0.15) is 23.2 Å². The molecule has 0 atom stereocenters. The molecule has 0 heterocycles. The van der Waals surface area contributed by atoms with E-state index in [0.29, 0.717) is 30.6 Å². The molecule has 22 heavy (non-hydrogen) atoms. The summed E-state index contributed by atoms with van der Waals surface area (Å²) in [6.45, 7) is 3.85. The lowest BCUT2D eigenvalue weighted by Crippen LogP contribution is -2.40. The van der Waals surface area contributed by atoms with Crippen molar-refractivity contribution in [2.45, 2.75) is 12.8 Å². The zero-order valence-corrected chi connectivity index (χ0v) is 12.3. The fourth-order valence-corrected chi connectivity index (χ4v) is 2.11. The van der Waals surface area contributed by atoms with Crippen molar-refractivity contribution < 1.29 is 19.1 Å². The first-order valence-corrected chi connectivity index (χ1v) is 6.92. The van der Waals surface area contributed by atoms with Gasteiger partial charge in [0.05, 0.1) is 12.7 Å². The van der Waals surface area contributed by atoms with Crippen molar-refractivity contribution >= 4 is 23.5 Å². The molecule has 6 heteroatoms. The van der Waals surface area contributed by atoms with Gasteiger partial charge in [0.15, 0.2) is 0 Å². The average molecular weight is 302 g/mol. The Hall–Kier alpha value is -2.63. The summed E-state index contributed by atoms with van der Waals surface area (Å²) in [5, 5.41) is 5.34. The van der Waals surface area contributed by atoms with Gasteiger partial charge in [0.25, 0.3) is 0 Å². The number of methoxy groups -OCH3 is 1. The number of carbonyl (C=O) groups is 3. The highest BCUT2D eigenvalue weighted by Gasteiger charge is 2.56. The van der Waals surface area contributed by atoms with Crippen molar-refractivity contribution in [3.8, 4) is 0 Å². The normalized spacial score (nSPS) is 14.6. The second-order valence-electron chi connectivity index (χ2n) is 5.11. The van der Waals surface area contributed by atoms with Gasteiger partial charge >= 0.3 is 5.97 Å². The fraction of sp³-hybridized carbons (Fsp3) is 0.312. The maximum atomic E-state index is 12.3. The van der Waals surface area contributed by atoms with Gasteiger partial charge in [-0.15, -0.1) is 6.58 Å². The zero-order valence-electron chi connectivity index (χ0n) is 12.3. The van der Waals surface area contributed by atoms with Gasteiger partial charge in [0.1, 0.15) is 5.41 Å². The van der Waals surface area contributed by atoms with Gasteiger partial charge in [-0.2, -0.15) is 0 Å². The molecule has 0 aromatic heterocycles. The zero-order chi connectivity index (χ0) is 16.2. The summed E-state index contributed by atoms with van der Waals surface area (Å²) in [5.41, 5.74) is -0.221. The molecule has 0 unspecified atom stereocenters. The summed E-state index contributed by atoms with van der Waals surface area (Å²) in [7, 11) is 1.29. The topological polar surface area (TPSA) is 84.5 Å². The summed E-state index contributed by atoms with van der Waals surface area (Å²) >= 11 is 0. The van der Waals surface area contributed by atoms with Crippen LogP contribution in [0, 0.1) is 5.41 Å². The second kappa shape index (κ2) is 6.43. The molecule has 1 fully saturated rings. The minimum atomic E-state index is -1.01. The highest BCUT2D eigenvalue weighted by Crippen LogP contribution is 2.46. The molecule has 2 N–H and O–H groups in total.